The van der Waals surface area contributed by atoms with Crippen LogP contribution in [0, 0.1) is 0 Å². The van der Waals surface area contributed by atoms with Gasteiger partial charge in [0.2, 0.25) is 0 Å². The van der Waals surface area contributed by atoms with Gasteiger partial charge in [0, 0.05) is 18.7 Å². The first kappa shape index (κ1) is 20.1. The Kier molecular flexibility index (Phi) is 5.85. The number of fused-ring (bicyclic) bond motifs is 1. The van der Waals surface area contributed by atoms with E-state index in [1.54, 1.807) is 25.2 Å². The summed E-state index contributed by atoms with van der Waals surface area (Å²) in [7, 11) is 1.62. The monoisotopic (exact) mass is 422 g/mol. The van der Waals surface area contributed by atoms with E-state index in [1.807, 2.05) is 0 Å². The van der Waals surface area contributed by atoms with Gasteiger partial charge in [-0.15, -0.1) is 0 Å². The van der Waals surface area contributed by atoms with Crippen LogP contribution < -0.4 is 21.3 Å². The lowest BCUT2D eigenvalue weighted by Gasteiger charge is -2.13. The van der Waals surface area contributed by atoms with Crippen LogP contribution in [0.3, 0.4) is 0 Å². The minimum absolute atomic E-state index is 0.114. The van der Waals surface area contributed by atoms with Crippen molar-refractivity contribution in [3.05, 3.63) is 62.6 Å². The normalized spacial score (nSPS) is 12.0. The van der Waals surface area contributed by atoms with Crippen LogP contribution in [0.15, 0.2) is 41.5 Å². The van der Waals surface area contributed by atoms with E-state index in [-0.39, 0.29) is 33.5 Å². The lowest BCUT2D eigenvalue weighted by Crippen LogP contribution is -2.36. The third-order valence-corrected chi connectivity index (χ3v) is 4.40. The number of nitrogens with one attached hydrogen (secondary N) is 1. The number of benzene rings is 2. The maximum Gasteiger partial charge on any atom is 0.260 e. The van der Waals surface area contributed by atoms with Gasteiger partial charge in [-0.25, -0.2) is 4.98 Å². The second kappa shape index (κ2) is 8.15. The minimum Gasteiger partial charge on any atom is -0.454 e. The summed E-state index contributed by atoms with van der Waals surface area (Å²) in [6, 6.07) is 7.56. The second-order valence-corrected chi connectivity index (χ2v) is 6.80. The van der Waals surface area contributed by atoms with Crippen molar-refractivity contribution in [2.75, 3.05) is 6.54 Å². The van der Waals surface area contributed by atoms with Crippen LogP contribution in [-0.4, -0.2) is 33.3 Å². The molecular weight excluding hydrogens is 407 g/mol. The highest BCUT2D eigenvalue weighted by Gasteiger charge is 2.16. The number of nitrogens with zero attached hydrogens (tertiary/aromatic N) is 2. The van der Waals surface area contributed by atoms with Gasteiger partial charge in [0.25, 0.3) is 11.5 Å². The Balaban J connectivity index is 1.88. The minimum atomic E-state index is -1.17. The zero-order chi connectivity index (χ0) is 20.4. The summed E-state index contributed by atoms with van der Waals surface area (Å²) < 4.78 is 7.13. The number of hydrogen-bond donors (Lipinski definition) is 3. The molecule has 0 fully saturated rings. The number of aromatic nitrogens is 2. The molecule has 4 N–H and O–H groups in total. The Morgan fingerprint density at radius 2 is 2.00 bits per heavy atom. The molecule has 1 aromatic heterocycles. The summed E-state index contributed by atoms with van der Waals surface area (Å²) in [4.78, 5) is 28.3. The molecule has 1 heterocycles. The molecule has 2 aromatic carbocycles. The zero-order valence-corrected chi connectivity index (χ0v) is 16.2. The molecule has 10 heteroatoms. The third kappa shape index (κ3) is 4.26. The van der Waals surface area contributed by atoms with Gasteiger partial charge in [-0.05, 0) is 24.3 Å². The van der Waals surface area contributed by atoms with Crippen LogP contribution in [0.4, 0.5) is 0 Å². The van der Waals surface area contributed by atoms with E-state index < -0.39 is 12.1 Å². The Morgan fingerprint density at radius 1 is 1.32 bits per heavy atom. The maximum atomic E-state index is 12.1. The van der Waals surface area contributed by atoms with E-state index in [2.05, 4.69) is 10.3 Å². The standard InChI is InChI=1S/C18H16Cl2N4O4/c1-24-8-23-14-6-10(2-3-11(14)18(24)27)28-16-12(19)4-9(5-13(16)20)17(26)22-7-15(21)25/h2-6,8,15,25H,7,21H2,1H3,(H,22,26). The molecule has 28 heavy (non-hydrogen) atoms. The average molecular weight is 423 g/mol. The van der Waals surface area contributed by atoms with E-state index in [0.717, 1.165) is 0 Å². The highest BCUT2D eigenvalue weighted by molar-refractivity contribution is 6.37. The number of rotatable bonds is 5. The van der Waals surface area contributed by atoms with Crippen molar-refractivity contribution in [1.82, 2.24) is 14.9 Å². The molecule has 0 radical (unpaired) electrons. The molecule has 146 valence electrons. The van der Waals surface area contributed by atoms with Crippen LogP contribution in [0.5, 0.6) is 11.5 Å². The number of halogens is 2. The summed E-state index contributed by atoms with van der Waals surface area (Å²) in [6.45, 7) is -0.115. The lowest BCUT2D eigenvalue weighted by molar-refractivity contribution is 0.0919. The molecule has 0 bridgehead atoms. The SMILES string of the molecule is Cn1cnc2cc(Oc3c(Cl)cc(C(=O)NCC(N)O)cc3Cl)ccc2c1=O. The topological polar surface area (TPSA) is 119 Å². The van der Waals surface area contributed by atoms with Gasteiger partial charge < -0.3 is 25.5 Å². The van der Waals surface area contributed by atoms with Crippen LogP contribution in [0.2, 0.25) is 10.0 Å². The van der Waals surface area contributed by atoms with Gasteiger partial charge in [-0.3, -0.25) is 9.59 Å². The van der Waals surface area contributed by atoms with Crippen molar-refractivity contribution in [3.8, 4) is 11.5 Å². The predicted molar refractivity (Wildman–Crippen MR) is 106 cm³/mol. The number of aliphatic hydroxyl groups is 1. The molecule has 0 aliphatic rings. The molecule has 1 amide bonds. The fourth-order valence-corrected chi connectivity index (χ4v) is 3.02. The van der Waals surface area contributed by atoms with Crippen molar-refractivity contribution < 1.29 is 14.6 Å². The van der Waals surface area contributed by atoms with Crippen LogP contribution in [0.25, 0.3) is 10.9 Å². The number of amides is 1. The molecule has 0 aliphatic carbocycles. The van der Waals surface area contributed by atoms with E-state index >= 15 is 0 Å². The molecular formula is C18H16Cl2N4O4. The fourth-order valence-electron chi connectivity index (χ4n) is 2.46. The smallest absolute Gasteiger partial charge is 0.260 e. The van der Waals surface area contributed by atoms with Gasteiger partial charge in [0.1, 0.15) is 12.0 Å². The summed E-state index contributed by atoms with van der Waals surface area (Å²) in [5, 5.41) is 12.2. The van der Waals surface area contributed by atoms with E-state index in [4.69, 9.17) is 38.8 Å². The van der Waals surface area contributed by atoms with Gasteiger partial charge >= 0.3 is 0 Å². The van der Waals surface area contributed by atoms with Crippen molar-refractivity contribution in [2.24, 2.45) is 12.8 Å². The van der Waals surface area contributed by atoms with Crippen LogP contribution >= 0.6 is 23.2 Å². The molecule has 1 unspecified atom stereocenters. The zero-order valence-electron chi connectivity index (χ0n) is 14.6. The Labute approximate surface area is 169 Å². The molecule has 3 rings (SSSR count). The van der Waals surface area contributed by atoms with Gasteiger partial charge in [-0.1, -0.05) is 23.2 Å². The number of aliphatic hydroxyl groups excluding tert-OH is 1. The summed E-state index contributed by atoms with van der Waals surface area (Å²) in [5.41, 5.74) is 5.66. The lowest BCUT2D eigenvalue weighted by atomic mass is 10.2. The molecule has 8 nitrogen and oxygen atoms in total. The predicted octanol–water partition coefficient (Wildman–Crippen LogP) is 2.04. The van der Waals surface area contributed by atoms with E-state index in [9.17, 15) is 9.59 Å². The molecule has 0 saturated heterocycles. The van der Waals surface area contributed by atoms with Crippen molar-refractivity contribution in [2.45, 2.75) is 6.23 Å². The number of hydrogen-bond acceptors (Lipinski definition) is 6. The first-order valence-corrected chi connectivity index (χ1v) is 8.86. The Morgan fingerprint density at radius 3 is 2.64 bits per heavy atom. The summed E-state index contributed by atoms with van der Waals surface area (Å²) in [6.07, 6.45) is 0.246. The first-order valence-electron chi connectivity index (χ1n) is 8.10. The van der Waals surface area contributed by atoms with Crippen molar-refractivity contribution in [1.29, 1.82) is 0 Å². The fraction of sp³-hybridized carbons (Fsp3) is 0.167. The van der Waals surface area contributed by atoms with Crippen molar-refractivity contribution in [3.63, 3.8) is 0 Å². The van der Waals surface area contributed by atoms with E-state index in [1.165, 1.54) is 23.0 Å². The quantitative estimate of drug-likeness (QED) is 0.541. The molecule has 1 atom stereocenters. The van der Waals surface area contributed by atoms with Gasteiger partial charge in [-0.2, -0.15) is 0 Å². The second-order valence-electron chi connectivity index (χ2n) is 5.99. The van der Waals surface area contributed by atoms with Crippen LogP contribution in [0.1, 0.15) is 10.4 Å². The molecule has 0 spiro atoms. The first-order chi connectivity index (χ1) is 13.3. The van der Waals surface area contributed by atoms with Crippen LogP contribution in [-0.2, 0) is 7.05 Å². The van der Waals surface area contributed by atoms with Gasteiger partial charge in [0.05, 0.1) is 33.8 Å². The Bertz CT molecular complexity index is 1090. The highest BCUT2D eigenvalue weighted by Crippen LogP contribution is 2.37. The largest absolute Gasteiger partial charge is 0.454 e. The van der Waals surface area contributed by atoms with E-state index in [0.29, 0.717) is 16.7 Å². The van der Waals surface area contributed by atoms with Crippen molar-refractivity contribution >= 4 is 40.0 Å². The molecule has 0 aliphatic heterocycles. The summed E-state index contributed by atoms with van der Waals surface area (Å²) in [5.74, 6) is 0.0352. The number of aryl methyl sites for hydroxylation is 1. The number of carbonyl (C=O) groups excluding carboxylic acids is 1. The number of ether oxygens (including phenoxy) is 1. The Hall–Kier alpha value is -2.65. The van der Waals surface area contributed by atoms with Gasteiger partial charge in [0.15, 0.2) is 5.75 Å². The average Bonchev–Trinajstić information content (AvgIpc) is 2.65. The molecule has 0 saturated carbocycles. The summed E-state index contributed by atoms with van der Waals surface area (Å²) >= 11 is 12.4. The molecule has 3 aromatic rings. The number of nitrogens with two attached hydrogens (primary N) is 1. The third-order valence-electron chi connectivity index (χ3n) is 3.84. The number of carbonyl (C=O) groups is 1. The highest BCUT2D eigenvalue weighted by atomic mass is 35.5. The maximum absolute atomic E-state index is 12.1.